The van der Waals surface area contributed by atoms with Gasteiger partial charge in [-0.25, -0.2) is 0 Å². The summed E-state index contributed by atoms with van der Waals surface area (Å²) in [5.74, 6) is 6.33. The third-order valence-corrected chi connectivity index (χ3v) is 5.02. The highest BCUT2D eigenvalue weighted by Gasteiger charge is 2.12. The summed E-state index contributed by atoms with van der Waals surface area (Å²) in [4.78, 5) is 11.7. The zero-order chi connectivity index (χ0) is 21.2. The van der Waals surface area contributed by atoms with Crippen LogP contribution in [0.5, 0.6) is 0 Å². The second-order valence-electron chi connectivity index (χ2n) is 7.73. The normalized spacial score (nSPS) is 11.6. The van der Waals surface area contributed by atoms with Gasteiger partial charge in [-0.3, -0.25) is 4.79 Å². The molecule has 0 heterocycles. The van der Waals surface area contributed by atoms with Crippen molar-refractivity contribution < 1.29 is 14.3 Å². The molecular weight excluding hydrogens is 360 g/mol. The highest BCUT2D eigenvalue weighted by atomic mass is 16.5. The van der Waals surface area contributed by atoms with Gasteiger partial charge in [-0.1, -0.05) is 89.0 Å². The molecule has 1 atom stereocenters. The van der Waals surface area contributed by atoms with Gasteiger partial charge in [0.2, 0.25) is 0 Å². The van der Waals surface area contributed by atoms with Gasteiger partial charge in [-0.15, -0.1) is 5.92 Å². The van der Waals surface area contributed by atoms with Crippen molar-refractivity contribution in [3.8, 4) is 11.8 Å². The van der Waals surface area contributed by atoms with Crippen LogP contribution in [0.3, 0.4) is 0 Å². The standard InChI is InChI=1S/C26H40O3/c1-4-6-7-8-9-10-11-12-13-14-15-19-28-22-24-17-16-18-25(21-24)23(3)20-26(27)29-5-2/h16-18,21,23H,4-13,19-20,22H2,1-3H3. The first-order valence-electron chi connectivity index (χ1n) is 11.4. The van der Waals surface area contributed by atoms with E-state index in [1.54, 1.807) is 0 Å². The lowest BCUT2D eigenvalue weighted by atomic mass is 9.96. The third-order valence-electron chi connectivity index (χ3n) is 5.02. The van der Waals surface area contributed by atoms with Crippen LogP contribution < -0.4 is 0 Å². The predicted molar refractivity (Wildman–Crippen MR) is 121 cm³/mol. The molecule has 0 fully saturated rings. The smallest absolute Gasteiger partial charge is 0.306 e. The fraction of sp³-hybridized carbons (Fsp3) is 0.654. The number of hydrogen-bond acceptors (Lipinski definition) is 3. The Hall–Kier alpha value is -1.79. The van der Waals surface area contributed by atoms with Crippen LogP contribution in [-0.4, -0.2) is 19.2 Å². The second kappa shape index (κ2) is 17.1. The Balaban J connectivity index is 2.16. The van der Waals surface area contributed by atoms with Gasteiger partial charge < -0.3 is 9.47 Å². The molecule has 0 bridgehead atoms. The molecule has 162 valence electrons. The van der Waals surface area contributed by atoms with Crippen molar-refractivity contribution in [3.05, 3.63) is 35.4 Å². The van der Waals surface area contributed by atoms with E-state index in [0.29, 0.717) is 26.2 Å². The minimum atomic E-state index is -0.145. The van der Waals surface area contributed by atoms with Gasteiger partial charge in [0.05, 0.1) is 19.6 Å². The molecule has 0 aliphatic carbocycles. The molecule has 3 nitrogen and oxygen atoms in total. The molecule has 0 saturated heterocycles. The maximum Gasteiger partial charge on any atom is 0.306 e. The number of benzene rings is 1. The van der Waals surface area contributed by atoms with Gasteiger partial charge in [-0.2, -0.15) is 0 Å². The lowest BCUT2D eigenvalue weighted by Gasteiger charge is -2.12. The summed E-state index contributed by atoms with van der Waals surface area (Å²) >= 11 is 0. The highest BCUT2D eigenvalue weighted by molar-refractivity contribution is 5.70. The summed E-state index contributed by atoms with van der Waals surface area (Å²) in [6, 6.07) is 8.23. The minimum absolute atomic E-state index is 0.139. The minimum Gasteiger partial charge on any atom is -0.466 e. The second-order valence-corrected chi connectivity index (χ2v) is 7.73. The van der Waals surface area contributed by atoms with Gasteiger partial charge in [0.1, 0.15) is 6.61 Å². The summed E-state index contributed by atoms with van der Waals surface area (Å²) in [5.41, 5.74) is 2.25. The molecule has 29 heavy (non-hydrogen) atoms. The SMILES string of the molecule is CCCCCCCCCCC#CCOCc1cccc(C(C)CC(=O)OCC)c1. The van der Waals surface area contributed by atoms with Crippen LogP contribution in [0.15, 0.2) is 24.3 Å². The van der Waals surface area contributed by atoms with E-state index >= 15 is 0 Å². The molecular formula is C26H40O3. The van der Waals surface area contributed by atoms with Crippen LogP contribution in [0.1, 0.15) is 102 Å². The van der Waals surface area contributed by atoms with Crippen LogP contribution >= 0.6 is 0 Å². The first-order valence-corrected chi connectivity index (χ1v) is 11.4. The Labute approximate surface area is 178 Å². The Kier molecular flexibility index (Phi) is 14.9. The molecule has 0 aromatic heterocycles. The Morgan fingerprint density at radius 3 is 2.45 bits per heavy atom. The molecule has 3 heteroatoms. The first kappa shape index (κ1) is 25.2. The topological polar surface area (TPSA) is 35.5 Å². The van der Waals surface area contributed by atoms with Crippen LogP contribution in [0.25, 0.3) is 0 Å². The lowest BCUT2D eigenvalue weighted by Crippen LogP contribution is -2.08. The summed E-state index contributed by atoms with van der Waals surface area (Å²) < 4.78 is 10.7. The van der Waals surface area contributed by atoms with Crippen molar-refractivity contribution in [3.63, 3.8) is 0 Å². The zero-order valence-electron chi connectivity index (χ0n) is 18.8. The summed E-state index contributed by atoms with van der Waals surface area (Å²) in [5, 5.41) is 0. The van der Waals surface area contributed by atoms with Crippen LogP contribution in [0.4, 0.5) is 0 Å². The fourth-order valence-electron chi connectivity index (χ4n) is 3.28. The average Bonchev–Trinajstić information content (AvgIpc) is 2.72. The Morgan fingerprint density at radius 2 is 1.72 bits per heavy atom. The molecule has 0 saturated carbocycles. The number of carbonyl (C=O) groups excluding carboxylic acids is 1. The van der Waals surface area contributed by atoms with Gasteiger partial charge in [0.15, 0.2) is 0 Å². The van der Waals surface area contributed by atoms with E-state index in [0.717, 1.165) is 17.5 Å². The van der Waals surface area contributed by atoms with E-state index in [9.17, 15) is 4.79 Å². The molecule has 0 radical (unpaired) electrons. The van der Waals surface area contributed by atoms with Gasteiger partial charge >= 0.3 is 5.97 Å². The Morgan fingerprint density at radius 1 is 1.00 bits per heavy atom. The number of esters is 1. The summed E-state index contributed by atoms with van der Waals surface area (Å²) in [7, 11) is 0. The summed E-state index contributed by atoms with van der Waals surface area (Å²) in [6.07, 6.45) is 12.0. The highest BCUT2D eigenvalue weighted by Crippen LogP contribution is 2.21. The molecule has 0 aliphatic rings. The van der Waals surface area contributed by atoms with Crippen molar-refractivity contribution in [1.82, 2.24) is 0 Å². The monoisotopic (exact) mass is 400 g/mol. The van der Waals surface area contributed by atoms with Crippen molar-refractivity contribution in [2.45, 2.75) is 97.5 Å². The maximum atomic E-state index is 11.7. The van der Waals surface area contributed by atoms with E-state index < -0.39 is 0 Å². The van der Waals surface area contributed by atoms with E-state index in [-0.39, 0.29) is 11.9 Å². The lowest BCUT2D eigenvalue weighted by molar-refractivity contribution is -0.143. The van der Waals surface area contributed by atoms with E-state index in [1.165, 1.54) is 51.4 Å². The predicted octanol–water partition coefficient (Wildman–Crippen LogP) is 6.79. The fourth-order valence-corrected chi connectivity index (χ4v) is 3.28. The van der Waals surface area contributed by atoms with Crippen molar-refractivity contribution in [2.75, 3.05) is 13.2 Å². The number of carbonyl (C=O) groups is 1. The van der Waals surface area contributed by atoms with E-state index in [4.69, 9.17) is 9.47 Å². The third kappa shape index (κ3) is 13.1. The molecule has 1 unspecified atom stereocenters. The molecule has 0 aliphatic heterocycles. The molecule has 1 rings (SSSR count). The van der Waals surface area contributed by atoms with Crippen molar-refractivity contribution in [1.29, 1.82) is 0 Å². The number of rotatable bonds is 15. The van der Waals surface area contributed by atoms with Crippen molar-refractivity contribution in [2.24, 2.45) is 0 Å². The van der Waals surface area contributed by atoms with Crippen LogP contribution in [0, 0.1) is 11.8 Å². The van der Waals surface area contributed by atoms with Gasteiger partial charge in [0.25, 0.3) is 0 Å². The zero-order valence-corrected chi connectivity index (χ0v) is 18.8. The summed E-state index contributed by atoms with van der Waals surface area (Å²) in [6.45, 7) is 7.59. The molecule has 1 aromatic rings. The molecule has 0 N–H and O–H groups in total. The van der Waals surface area contributed by atoms with Crippen LogP contribution in [-0.2, 0) is 20.9 Å². The number of unbranched alkanes of at least 4 members (excludes halogenated alkanes) is 8. The number of ether oxygens (including phenoxy) is 2. The van der Waals surface area contributed by atoms with Crippen molar-refractivity contribution >= 4 is 5.97 Å². The molecule has 0 spiro atoms. The van der Waals surface area contributed by atoms with E-state index in [2.05, 4.69) is 37.0 Å². The maximum absolute atomic E-state index is 11.7. The quantitative estimate of drug-likeness (QED) is 0.185. The number of hydrogen-bond donors (Lipinski definition) is 0. The largest absolute Gasteiger partial charge is 0.466 e. The van der Waals surface area contributed by atoms with Gasteiger partial charge in [-0.05, 0) is 30.4 Å². The van der Waals surface area contributed by atoms with E-state index in [1.807, 2.05) is 19.9 Å². The molecule has 1 aromatic carbocycles. The van der Waals surface area contributed by atoms with Gasteiger partial charge in [0, 0.05) is 6.42 Å². The Bertz CT molecular complexity index is 612. The van der Waals surface area contributed by atoms with Crippen LogP contribution in [0.2, 0.25) is 0 Å². The first-order chi connectivity index (χ1) is 14.2. The average molecular weight is 401 g/mol. The molecule has 0 amide bonds.